The highest BCUT2D eigenvalue weighted by molar-refractivity contribution is 9.11. The van der Waals surface area contributed by atoms with Crippen molar-refractivity contribution in [2.45, 2.75) is 18.4 Å². The first-order chi connectivity index (χ1) is 8.92. The third kappa shape index (κ3) is 3.36. The van der Waals surface area contributed by atoms with Gasteiger partial charge in [-0.3, -0.25) is 4.72 Å². The molecule has 7 heteroatoms. The Morgan fingerprint density at radius 3 is 2.68 bits per heavy atom. The smallest absolute Gasteiger partial charge is 0.263 e. The molecule has 0 saturated heterocycles. The second kappa shape index (κ2) is 5.62. The Bertz CT molecular complexity index is 695. The number of aliphatic hydroxyl groups is 1. The maximum absolute atomic E-state index is 12.2. The number of halogens is 1. The lowest BCUT2D eigenvalue weighted by Gasteiger charge is -2.07. The number of hydrogen-bond donors (Lipinski definition) is 2. The van der Waals surface area contributed by atoms with Gasteiger partial charge in [-0.25, -0.2) is 8.42 Å². The average Bonchev–Trinajstić information content (AvgIpc) is 2.71. The molecule has 0 spiro atoms. The highest BCUT2D eigenvalue weighted by Crippen LogP contribution is 2.32. The Morgan fingerprint density at radius 2 is 2.11 bits per heavy atom. The van der Waals surface area contributed by atoms with E-state index in [0.29, 0.717) is 14.4 Å². The normalized spacial score (nSPS) is 11.5. The summed E-state index contributed by atoms with van der Waals surface area (Å²) in [6.45, 7) is 1.71. The minimum atomic E-state index is -3.65. The van der Waals surface area contributed by atoms with Gasteiger partial charge in [-0.15, -0.1) is 11.3 Å². The molecule has 1 aromatic carbocycles. The van der Waals surface area contributed by atoms with Crippen molar-refractivity contribution in [2.75, 3.05) is 4.72 Å². The van der Waals surface area contributed by atoms with E-state index in [-0.39, 0.29) is 11.5 Å². The van der Waals surface area contributed by atoms with Crippen molar-refractivity contribution in [1.82, 2.24) is 0 Å². The largest absolute Gasteiger partial charge is 0.391 e. The van der Waals surface area contributed by atoms with Crippen molar-refractivity contribution in [3.63, 3.8) is 0 Å². The fourth-order valence-corrected chi connectivity index (χ4v) is 5.17. The maximum atomic E-state index is 12.2. The molecule has 19 heavy (non-hydrogen) atoms. The number of thiophene rings is 1. The average molecular weight is 362 g/mol. The number of rotatable bonds is 4. The Morgan fingerprint density at radius 1 is 1.37 bits per heavy atom. The van der Waals surface area contributed by atoms with Crippen LogP contribution in [0.3, 0.4) is 0 Å². The van der Waals surface area contributed by atoms with E-state index in [4.69, 9.17) is 5.11 Å². The molecule has 0 bridgehead atoms. The molecule has 0 aliphatic rings. The highest BCUT2D eigenvalue weighted by atomic mass is 79.9. The molecular formula is C12H12BrNO3S2. The maximum Gasteiger partial charge on any atom is 0.263 e. The van der Waals surface area contributed by atoms with Crippen molar-refractivity contribution < 1.29 is 13.5 Å². The van der Waals surface area contributed by atoms with Crippen LogP contribution in [0.2, 0.25) is 0 Å². The molecule has 4 nitrogen and oxygen atoms in total. The van der Waals surface area contributed by atoms with E-state index in [1.165, 1.54) is 17.4 Å². The summed E-state index contributed by atoms with van der Waals surface area (Å²) in [5.74, 6) is 0. The van der Waals surface area contributed by atoms with E-state index >= 15 is 0 Å². The molecule has 102 valence electrons. The van der Waals surface area contributed by atoms with E-state index in [0.717, 1.165) is 5.56 Å². The van der Waals surface area contributed by atoms with Gasteiger partial charge in [0.05, 0.1) is 10.4 Å². The Balaban J connectivity index is 2.34. The molecule has 1 aromatic heterocycles. The second-order valence-corrected chi connectivity index (χ2v) is 8.09. The molecule has 2 aromatic rings. The van der Waals surface area contributed by atoms with Gasteiger partial charge in [0.15, 0.2) is 0 Å². The van der Waals surface area contributed by atoms with Crippen molar-refractivity contribution in [3.8, 4) is 0 Å². The molecule has 0 atom stereocenters. The van der Waals surface area contributed by atoms with Crippen LogP contribution in [-0.4, -0.2) is 13.5 Å². The minimum Gasteiger partial charge on any atom is -0.391 e. The Hall–Kier alpha value is -0.890. The first kappa shape index (κ1) is 14.5. The Kier molecular flexibility index (Phi) is 4.29. The zero-order valence-corrected chi connectivity index (χ0v) is 13.3. The lowest BCUT2D eigenvalue weighted by Crippen LogP contribution is -2.12. The summed E-state index contributed by atoms with van der Waals surface area (Å²) >= 11 is 4.41. The van der Waals surface area contributed by atoms with Gasteiger partial charge in [-0.05, 0) is 46.6 Å². The van der Waals surface area contributed by atoms with Gasteiger partial charge in [0.25, 0.3) is 10.0 Å². The predicted octanol–water partition coefficient (Wildman–Crippen LogP) is 3.11. The number of aryl methyl sites for hydroxylation is 1. The zero-order valence-electron chi connectivity index (χ0n) is 10.1. The second-order valence-electron chi connectivity index (χ2n) is 3.98. The van der Waals surface area contributed by atoms with Crippen molar-refractivity contribution in [2.24, 2.45) is 0 Å². The Labute approximate surface area is 124 Å². The fraction of sp³-hybridized carbons (Fsp3) is 0.167. The summed E-state index contributed by atoms with van der Waals surface area (Å²) in [7, 11) is -3.65. The molecule has 0 unspecified atom stereocenters. The molecule has 0 saturated carbocycles. The van der Waals surface area contributed by atoms with E-state index in [1.807, 2.05) is 13.0 Å². The van der Waals surface area contributed by atoms with Gasteiger partial charge >= 0.3 is 0 Å². The van der Waals surface area contributed by atoms with Crippen LogP contribution in [0.25, 0.3) is 0 Å². The van der Waals surface area contributed by atoms with Gasteiger partial charge < -0.3 is 5.11 Å². The molecule has 0 aliphatic heterocycles. The van der Waals surface area contributed by atoms with Crippen LogP contribution in [0, 0.1) is 6.92 Å². The van der Waals surface area contributed by atoms with Gasteiger partial charge in [0.2, 0.25) is 0 Å². The van der Waals surface area contributed by atoms with Gasteiger partial charge in [0, 0.05) is 10.6 Å². The van der Waals surface area contributed by atoms with E-state index in [2.05, 4.69) is 20.7 Å². The number of aliphatic hydroxyl groups excluding tert-OH is 1. The number of benzene rings is 1. The minimum absolute atomic E-state index is 0.142. The van der Waals surface area contributed by atoms with Crippen LogP contribution in [0.4, 0.5) is 5.69 Å². The van der Waals surface area contributed by atoms with Gasteiger partial charge in [0.1, 0.15) is 4.90 Å². The summed E-state index contributed by atoms with van der Waals surface area (Å²) in [5, 5.41) is 9.04. The number of nitrogens with one attached hydrogen (secondary N) is 1. The quantitative estimate of drug-likeness (QED) is 0.878. The van der Waals surface area contributed by atoms with Crippen LogP contribution in [-0.2, 0) is 16.6 Å². The van der Waals surface area contributed by atoms with Crippen molar-refractivity contribution in [1.29, 1.82) is 0 Å². The lowest BCUT2D eigenvalue weighted by molar-refractivity contribution is 0.285. The van der Waals surface area contributed by atoms with E-state index in [9.17, 15) is 8.42 Å². The molecule has 0 radical (unpaired) electrons. The fourth-order valence-electron chi connectivity index (χ4n) is 1.58. The van der Waals surface area contributed by atoms with Crippen LogP contribution in [0.15, 0.2) is 39.0 Å². The predicted molar refractivity (Wildman–Crippen MR) is 79.9 cm³/mol. The molecule has 0 fully saturated rings. The first-order valence-electron chi connectivity index (χ1n) is 5.41. The van der Waals surface area contributed by atoms with Crippen LogP contribution >= 0.6 is 27.3 Å². The number of hydrogen-bond acceptors (Lipinski definition) is 4. The molecule has 0 aliphatic carbocycles. The van der Waals surface area contributed by atoms with Crippen molar-refractivity contribution >= 4 is 43.0 Å². The molecule has 0 amide bonds. The number of anilines is 1. The van der Waals surface area contributed by atoms with Crippen LogP contribution < -0.4 is 4.72 Å². The number of sulfonamides is 1. The van der Waals surface area contributed by atoms with Crippen molar-refractivity contribution in [3.05, 3.63) is 44.6 Å². The van der Waals surface area contributed by atoms with E-state index in [1.54, 1.807) is 18.2 Å². The topological polar surface area (TPSA) is 66.4 Å². The highest BCUT2D eigenvalue weighted by Gasteiger charge is 2.20. The SMILES string of the molecule is Cc1cccc(NS(=O)(=O)c2cc(CO)sc2Br)c1. The molecule has 2 rings (SSSR count). The summed E-state index contributed by atoms with van der Waals surface area (Å²) in [6, 6.07) is 8.59. The van der Waals surface area contributed by atoms with Gasteiger partial charge in [-0.2, -0.15) is 0 Å². The van der Waals surface area contributed by atoms with Gasteiger partial charge in [-0.1, -0.05) is 12.1 Å². The monoisotopic (exact) mass is 361 g/mol. The summed E-state index contributed by atoms with van der Waals surface area (Å²) in [5.41, 5.74) is 1.49. The molecule has 2 N–H and O–H groups in total. The third-order valence-electron chi connectivity index (χ3n) is 2.42. The van der Waals surface area contributed by atoms with E-state index < -0.39 is 10.0 Å². The molecular weight excluding hydrogens is 350 g/mol. The molecule has 1 heterocycles. The summed E-state index contributed by atoms with van der Waals surface area (Å²) in [4.78, 5) is 0.736. The van der Waals surface area contributed by atoms with Crippen LogP contribution in [0.5, 0.6) is 0 Å². The lowest BCUT2D eigenvalue weighted by atomic mass is 10.2. The van der Waals surface area contributed by atoms with Crippen LogP contribution in [0.1, 0.15) is 10.4 Å². The zero-order chi connectivity index (χ0) is 14.0. The summed E-state index contributed by atoms with van der Waals surface area (Å²) < 4.78 is 27.5. The third-order valence-corrected chi connectivity index (χ3v) is 6.04. The summed E-state index contributed by atoms with van der Waals surface area (Å²) in [6.07, 6.45) is 0. The standard InChI is InChI=1S/C12H12BrNO3S2/c1-8-3-2-4-9(5-8)14-19(16,17)11-6-10(7-15)18-12(11)13/h2-6,14-15H,7H2,1H3. The first-order valence-corrected chi connectivity index (χ1v) is 8.50.